The van der Waals surface area contributed by atoms with Crippen molar-refractivity contribution < 1.29 is 13.9 Å². The van der Waals surface area contributed by atoms with Crippen LogP contribution in [0.5, 0.6) is 5.88 Å². The molecule has 2 aromatic rings. The number of aromatic nitrogens is 3. The average Bonchev–Trinajstić information content (AvgIpc) is 2.61. The minimum Gasteiger partial charge on any atom is -0.474 e. The zero-order valence-electron chi connectivity index (χ0n) is 14.6. The summed E-state index contributed by atoms with van der Waals surface area (Å²) in [5.41, 5.74) is -0.410. The molecular formula is C18H21FN4O3. The van der Waals surface area contributed by atoms with Crippen molar-refractivity contribution in [3.8, 4) is 17.1 Å². The zero-order chi connectivity index (χ0) is 18.6. The van der Waals surface area contributed by atoms with Crippen LogP contribution in [0, 0.1) is 0 Å². The molecule has 0 radical (unpaired) electrons. The van der Waals surface area contributed by atoms with E-state index in [0.29, 0.717) is 36.5 Å². The number of rotatable bonds is 7. The molecule has 0 saturated heterocycles. The van der Waals surface area contributed by atoms with Gasteiger partial charge in [-0.05, 0) is 38.3 Å². The molecule has 0 aromatic carbocycles. The fraction of sp³-hybridized carbons (Fsp3) is 0.444. The number of amides is 1. The number of ether oxygens (including phenoxy) is 1. The Kier molecular flexibility index (Phi) is 5.29. The maximum Gasteiger partial charge on any atom is 0.267 e. The molecule has 3 rings (SSSR count). The van der Waals surface area contributed by atoms with Crippen LogP contribution in [0.15, 0.2) is 35.3 Å². The number of nitrogens with zero attached hydrogens (tertiary/aromatic N) is 3. The lowest BCUT2D eigenvalue weighted by Gasteiger charge is -2.32. The van der Waals surface area contributed by atoms with Crippen LogP contribution < -0.4 is 15.6 Å². The third kappa shape index (κ3) is 4.25. The highest BCUT2D eigenvalue weighted by atomic mass is 19.1. The van der Waals surface area contributed by atoms with Crippen molar-refractivity contribution in [1.29, 1.82) is 0 Å². The summed E-state index contributed by atoms with van der Waals surface area (Å²) in [7, 11) is 0. The summed E-state index contributed by atoms with van der Waals surface area (Å²) < 4.78 is 20.5. The molecule has 0 unspecified atom stereocenters. The standard InChI is InChI=1S/C18H21FN4O3/c1-2-20-15(24)11-23-17(25)7-5-14(22-23)13-4-6-16(21-10-13)26-12-18(19)8-3-9-18/h4-7,10H,2-3,8-9,11-12H2,1H3,(H,20,24). The Labute approximate surface area is 150 Å². The van der Waals surface area contributed by atoms with E-state index in [1.807, 2.05) is 0 Å². The SMILES string of the molecule is CCNC(=O)Cn1nc(-c2ccc(OCC3(F)CCC3)nc2)ccc1=O. The summed E-state index contributed by atoms with van der Waals surface area (Å²) in [6, 6.07) is 6.30. The zero-order valence-corrected chi connectivity index (χ0v) is 14.6. The summed E-state index contributed by atoms with van der Waals surface area (Å²) in [6.45, 7) is 2.15. The van der Waals surface area contributed by atoms with Gasteiger partial charge in [0.15, 0.2) is 0 Å². The predicted octanol–water partition coefficient (Wildman–Crippen LogP) is 1.71. The van der Waals surface area contributed by atoms with Crippen LogP contribution in [0.2, 0.25) is 0 Å². The number of hydrogen-bond acceptors (Lipinski definition) is 5. The molecule has 0 spiro atoms. The van der Waals surface area contributed by atoms with Crippen molar-refractivity contribution in [2.45, 2.75) is 38.4 Å². The van der Waals surface area contributed by atoms with Gasteiger partial charge in [-0.15, -0.1) is 0 Å². The highest BCUT2D eigenvalue weighted by Gasteiger charge is 2.37. The van der Waals surface area contributed by atoms with Crippen LogP contribution in [0.4, 0.5) is 4.39 Å². The summed E-state index contributed by atoms with van der Waals surface area (Å²) in [5.74, 6) is 0.0607. The van der Waals surface area contributed by atoms with E-state index in [1.165, 1.54) is 6.07 Å². The molecule has 0 aliphatic heterocycles. The summed E-state index contributed by atoms with van der Waals surface area (Å²) in [6.07, 6.45) is 3.50. The summed E-state index contributed by atoms with van der Waals surface area (Å²) in [5, 5.41) is 6.83. The maximum absolute atomic E-state index is 13.9. The van der Waals surface area contributed by atoms with E-state index >= 15 is 0 Å². The lowest BCUT2D eigenvalue weighted by molar-refractivity contribution is -0.121. The number of pyridine rings is 1. The van der Waals surface area contributed by atoms with Crippen molar-refractivity contribution >= 4 is 5.91 Å². The van der Waals surface area contributed by atoms with Gasteiger partial charge in [0.25, 0.3) is 5.56 Å². The first kappa shape index (κ1) is 18.0. The van der Waals surface area contributed by atoms with Crippen LogP contribution in [0.25, 0.3) is 11.3 Å². The molecule has 138 valence electrons. The van der Waals surface area contributed by atoms with E-state index in [0.717, 1.165) is 11.1 Å². The van der Waals surface area contributed by atoms with Crippen molar-refractivity contribution in [3.05, 3.63) is 40.8 Å². The molecule has 8 heteroatoms. The number of hydrogen-bond donors (Lipinski definition) is 1. The number of carbonyl (C=O) groups excluding carboxylic acids is 1. The van der Waals surface area contributed by atoms with Gasteiger partial charge in [0.05, 0.1) is 5.69 Å². The van der Waals surface area contributed by atoms with Crippen LogP contribution in [-0.2, 0) is 11.3 Å². The van der Waals surface area contributed by atoms with Crippen molar-refractivity contribution in [2.24, 2.45) is 0 Å². The van der Waals surface area contributed by atoms with E-state index in [2.05, 4.69) is 15.4 Å². The van der Waals surface area contributed by atoms with Gasteiger partial charge in [-0.2, -0.15) is 5.10 Å². The first-order chi connectivity index (χ1) is 12.5. The largest absolute Gasteiger partial charge is 0.474 e. The Morgan fingerprint density at radius 1 is 1.35 bits per heavy atom. The second-order valence-electron chi connectivity index (χ2n) is 6.35. The molecule has 1 amide bonds. The Balaban J connectivity index is 1.70. The summed E-state index contributed by atoms with van der Waals surface area (Å²) >= 11 is 0. The third-order valence-corrected chi connectivity index (χ3v) is 4.29. The van der Waals surface area contributed by atoms with E-state index in [4.69, 9.17) is 4.74 Å². The topological polar surface area (TPSA) is 86.1 Å². The fourth-order valence-electron chi connectivity index (χ4n) is 2.63. The van der Waals surface area contributed by atoms with Crippen molar-refractivity contribution in [1.82, 2.24) is 20.1 Å². The van der Waals surface area contributed by atoms with E-state index in [1.54, 1.807) is 31.3 Å². The second kappa shape index (κ2) is 7.63. The molecule has 7 nitrogen and oxygen atoms in total. The molecule has 1 fully saturated rings. The van der Waals surface area contributed by atoms with E-state index in [9.17, 15) is 14.0 Å². The lowest BCUT2D eigenvalue weighted by Crippen LogP contribution is -2.38. The fourth-order valence-corrected chi connectivity index (χ4v) is 2.63. The van der Waals surface area contributed by atoms with Gasteiger partial charge in [0, 0.05) is 30.4 Å². The average molecular weight is 360 g/mol. The Bertz CT molecular complexity index is 831. The third-order valence-electron chi connectivity index (χ3n) is 4.29. The number of halogens is 1. The lowest BCUT2D eigenvalue weighted by atomic mass is 9.83. The van der Waals surface area contributed by atoms with Gasteiger partial charge in [0.2, 0.25) is 11.8 Å². The normalized spacial score (nSPS) is 15.2. The molecule has 1 saturated carbocycles. The van der Waals surface area contributed by atoms with Crippen LogP contribution in [0.3, 0.4) is 0 Å². The molecule has 1 N–H and O–H groups in total. The van der Waals surface area contributed by atoms with Gasteiger partial charge in [0.1, 0.15) is 18.8 Å². The quantitative estimate of drug-likeness (QED) is 0.812. The minimum absolute atomic E-state index is 0.00894. The first-order valence-electron chi connectivity index (χ1n) is 8.62. The van der Waals surface area contributed by atoms with E-state index in [-0.39, 0.29) is 24.6 Å². The number of nitrogens with one attached hydrogen (secondary N) is 1. The molecule has 2 heterocycles. The van der Waals surface area contributed by atoms with Crippen molar-refractivity contribution in [2.75, 3.05) is 13.2 Å². The number of likely N-dealkylation sites (N-methyl/N-ethyl adjacent to an activating group) is 1. The Morgan fingerprint density at radius 3 is 2.77 bits per heavy atom. The van der Waals surface area contributed by atoms with Crippen molar-refractivity contribution in [3.63, 3.8) is 0 Å². The first-order valence-corrected chi connectivity index (χ1v) is 8.62. The van der Waals surface area contributed by atoms with Crippen LogP contribution in [0.1, 0.15) is 26.2 Å². The molecule has 1 aliphatic carbocycles. The number of alkyl halides is 1. The van der Waals surface area contributed by atoms with Gasteiger partial charge < -0.3 is 10.1 Å². The number of carbonyl (C=O) groups is 1. The second-order valence-corrected chi connectivity index (χ2v) is 6.35. The predicted molar refractivity (Wildman–Crippen MR) is 93.6 cm³/mol. The smallest absolute Gasteiger partial charge is 0.267 e. The molecule has 1 aliphatic rings. The molecule has 0 atom stereocenters. The molecule has 26 heavy (non-hydrogen) atoms. The van der Waals surface area contributed by atoms with E-state index < -0.39 is 5.67 Å². The summed E-state index contributed by atoms with van der Waals surface area (Å²) in [4.78, 5) is 27.7. The van der Waals surface area contributed by atoms with Gasteiger partial charge >= 0.3 is 0 Å². The monoisotopic (exact) mass is 360 g/mol. The Hall–Kier alpha value is -2.77. The van der Waals surface area contributed by atoms with Gasteiger partial charge in [-0.3, -0.25) is 9.59 Å². The maximum atomic E-state index is 13.9. The Morgan fingerprint density at radius 2 is 2.15 bits per heavy atom. The molecular weight excluding hydrogens is 339 g/mol. The minimum atomic E-state index is -1.23. The van der Waals surface area contributed by atoms with Crippen LogP contribution in [-0.4, -0.2) is 39.5 Å². The molecule has 2 aromatic heterocycles. The van der Waals surface area contributed by atoms with Gasteiger partial charge in [-0.25, -0.2) is 14.1 Å². The van der Waals surface area contributed by atoms with Crippen LogP contribution >= 0.6 is 0 Å². The molecule has 0 bridgehead atoms. The highest BCUT2D eigenvalue weighted by molar-refractivity contribution is 5.75. The highest BCUT2D eigenvalue weighted by Crippen LogP contribution is 2.36. The van der Waals surface area contributed by atoms with Gasteiger partial charge in [-0.1, -0.05) is 0 Å².